The molecule has 2 N–H and O–H groups in total. The maximum absolute atomic E-state index is 12.9. The predicted molar refractivity (Wildman–Crippen MR) is 90.4 cm³/mol. The van der Waals surface area contributed by atoms with Crippen molar-refractivity contribution < 1.29 is 5.32 Å². The van der Waals surface area contributed by atoms with E-state index in [2.05, 4.69) is 41.9 Å². The van der Waals surface area contributed by atoms with E-state index in [0.29, 0.717) is 11.8 Å². The second kappa shape index (κ2) is 5.60. The molecule has 114 valence electrons. The molecule has 2 aliphatic rings. The number of quaternary nitrogens is 1. The molecule has 0 unspecified atom stereocenters. The molecular weight excluding hydrogens is 292 g/mol. The van der Waals surface area contributed by atoms with Crippen LogP contribution in [0.4, 0.5) is 0 Å². The molecule has 3 nitrogen and oxygen atoms in total. The minimum Gasteiger partial charge on any atom is -0.345 e. The summed E-state index contributed by atoms with van der Waals surface area (Å²) in [6.07, 6.45) is 3.32. The minimum absolute atomic E-state index is 0.186. The average molecular weight is 313 g/mol. The van der Waals surface area contributed by atoms with E-state index in [-0.39, 0.29) is 5.56 Å². The summed E-state index contributed by atoms with van der Waals surface area (Å²) < 4.78 is 2.05. The van der Waals surface area contributed by atoms with Crippen LogP contribution < -0.4 is 10.9 Å². The lowest BCUT2D eigenvalue weighted by Gasteiger charge is -2.35. The molecule has 2 atom stereocenters. The molecule has 1 aromatic carbocycles. The Bertz CT molecular complexity index is 751. The number of aromatic nitrogens is 1. The Kier molecular flexibility index (Phi) is 3.59. The van der Waals surface area contributed by atoms with Gasteiger partial charge in [0.15, 0.2) is 0 Å². The Morgan fingerprint density at radius 1 is 1.14 bits per heavy atom. The number of fused-ring (bicyclic) bond motifs is 4. The van der Waals surface area contributed by atoms with Crippen molar-refractivity contribution in [2.24, 2.45) is 5.92 Å². The van der Waals surface area contributed by atoms with Crippen molar-refractivity contribution in [2.75, 3.05) is 19.3 Å². The van der Waals surface area contributed by atoms with Crippen molar-refractivity contribution in [3.8, 4) is 11.1 Å². The van der Waals surface area contributed by atoms with Crippen LogP contribution in [0.2, 0.25) is 0 Å². The SMILES string of the molecule is CSc1ccc(-c2ccc3n(c2=O)C[C@@H]2C[NH2+]C[C@H]3C2)cc1. The van der Waals surface area contributed by atoms with E-state index in [9.17, 15) is 4.79 Å². The van der Waals surface area contributed by atoms with Gasteiger partial charge in [-0.2, -0.15) is 0 Å². The molecule has 2 aromatic rings. The van der Waals surface area contributed by atoms with Crippen LogP contribution in [0.15, 0.2) is 46.1 Å². The number of benzene rings is 1. The molecule has 0 amide bonds. The quantitative estimate of drug-likeness (QED) is 0.860. The standard InChI is InChI=1S/C18H20N2OS/c1-22-15-4-2-13(3-5-15)16-6-7-17-14-8-12(9-19-10-14)11-20(17)18(16)21/h2-7,12,14,19H,8-11H2,1H3/p+1/t12-,14+/m0/s1. The van der Waals surface area contributed by atoms with Gasteiger partial charge >= 0.3 is 0 Å². The van der Waals surface area contributed by atoms with E-state index in [1.807, 2.05) is 10.6 Å². The van der Waals surface area contributed by atoms with Gasteiger partial charge in [-0.1, -0.05) is 12.1 Å². The van der Waals surface area contributed by atoms with Crippen molar-refractivity contribution in [1.82, 2.24) is 4.57 Å². The zero-order valence-corrected chi connectivity index (χ0v) is 13.6. The van der Waals surface area contributed by atoms with E-state index in [0.717, 1.165) is 30.8 Å². The number of piperidine rings is 1. The van der Waals surface area contributed by atoms with Crippen molar-refractivity contribution in [3.05, 3.63) is 52.4 Å². The Morgan fingerprint density at radius 3 is 2.73 bits per heavy atom. The molecule has 2 bridgehead atoms. The number of hydrogen-bond donors (Lipinski definition) is 1. The lowest BCUT2D eigenvalue weighted by Crippen LogP contribution is -2.89. The van der Waals surface area contributed by atoms with Crippen LogP contribution in [0.25, 0.3) is 11.1 Å². The van der Waals surface area contributed by atoms with Gasteiger partial charge in [-0.05, 0) is 42.5 Å². The third kappa shape index (κ3) is 2.31. The summed E-state index contributed by atoms with van der Waals surface area (Å²) in [7, 11) is 0. The summed E-state index contributed by atoms with van der Waals surface area (Å²) in [5, 5.41) is 2.40. The Balaban J connectivity index is 1.79. The number of nitrogens with zero attached hydrogens (tertiary/aromatic N) is 1. The van der Waals surface area contributed by atoms with Crippen LogP contribution in [0, 0.1) is 5.92 Å². The normalized spacial score (nSPS) is 23.1. The Morgan fingerprint density at radius 2 is 1.95 bits per heavy atom. The maximum atomic E-state index is 12.9. The topological polar surface area (TPSA) is 38.6 Å². The first-order chi connectivity index (χ1) is 10.8. The van der Waals surface area contributed by atoms with E-state index in [1.165, 1.54) is 17.0 Å². The third-order valence-electron chi connectivity index (χ3n) is 5.04. The van der Waals surface area contributed by atoms with Gasteiger partial charge < -0.3 is 9.88 Å². The zero-order chi connectivity index (χ0) is 15.1. The highest BCUT2D eigenvalue weighted by Crippen LogP contribution is 2.31. The van der Waals surface area contributed by atoms with E-state index in [1.54, 1.807) is 11.8 Å². The smallest absolute Gasteiger partial charge is 0.258 e. The van der Waals surface area contributed by atoms with Gasteiger partial charge in [0.2, 0.25) is 0 Å². The molecule has 0 spiro atoms. The molecule has 1 fully saturated rings. The molecule has 0 saturated carbocycles. The van der Waals surface area contributed by atoms with Gasteiger partial charge in [-0.25, -0.2) is 0 Å². The van der Waals surface area contributed by atoms with Crippen molar-refractivity contribution in [1.29, 1.82) is 0 Å². The number of hydrogen-bond acceptors (Lipinski definition) is 2. The minimum atomic E-state index is 0.186. The molecular formula is C18H21N2OS+. The number of nitrogens with two attached hydrogens (primary N) is 1. The van der Waals surface area contributed by atoms with E-state index >= 15 is 0 Å². The van der Waals surface area contributed by atoms with Crippen LogP contribution in [0.1, 0.15) is 18.0 Å². The second-order valence-electron chi connectivity index (χ2n) is 6.37. The highest BCUT2D eigenvalue weighted by atomic mass is 32.2. The fourth-order valence-corrected chi connectivity index (χ4v) is 4.31. The summed E-state index contributed by atoms with van der Waals surface area (Å²) >= 11 is 1.72. The highest BCUT2D eigenvalue weighted by molar-refractivity contribution is 7.98. The first-order valence-electron chi connectivity index (χ1n) is 7.96. The summed E-state index contributed by atoms with van der Waals surface area (Å²) in [5.74, 6) is 1.20. The third-order valence-corrected chi connectivity index (χ3v) is 5.78. The monoisotopic (exact) mass is 313 g/mol. The lowest BCUT2D eigenvalue weighted by molar-refractivity contribution is -0.673. The lowest BCUT2D eigenvalue weighted by atomic mass is 9.84. The second-order valence-corrected chi connectivity index (χ2v) is 7.25. The molecule has 2 aliphatic heterocycles. The van der Waals surface area contributed by atoms with Crippen molar-refractivity contribution in [2.45, 2.75) is 23.8 Å². The number of pyridine rings is 1. The Labute approximate surface area is 134 Å². The zero-order valence-electron chi connectivity index (χ0n) is 12.8. The fourth-order valence-electron chi connectivity index (χ4n) is 3.90. The van der Waals surface area contributed by atoms with Gasteiger partial charge in [-0.3, -0.25) is 4.79 Å². The molecule has 22 heavy (non-hydrogen) atoms. The van der Waals surface area contributed by atoms with Crippen LogP contribution in [-0.4, -0.2) is 23.9 Å². The first-order valence-corrected chi connectivity index (χ1v) is 9.18. The van der Waals surface area contributed by atoms with Crippen molar-refractivity contribution in [3.63, 3.8) is 0 Å². The Hall–Kier alpha value is -1.52. The van der Waals surface area contributed by atoms with Gasteiger partial charge in [0.25, 0.3) is 5.56 Å². The molecule has 0 aliphatic carbocycles. The molecule has 1 saturated heterocycles. The maximum Gasteiger partial charge on any atom is 0.258 e. The van der Waals surface area contributed by atoms with Crippen LogP contribution in [0.5, 0.6) is 0 Å². The summed E-state index contributed by atoms with van der Waals surface area (Å²) in [6, 6.07) is 12.5. The summed E-state index contributed by atoms with van der Waals surface area (Å²) in [6.45, 7) is 3.17. The fraction of sp³-hybridized carbons (Fsp3) is 0.389. The first kappa shape index (κ1) is 14.1. The molecule has 4 heteroatoms. The predicted octanol–water partition coefficient (Wildman–Crippen LogP) is 1.92. The van der Waals surface area contributed by atoms with Gasteiger partial charge in [-0.15, -0.1) is 11.8 Å². The summed E-state index contributed by atoms with van der Waals surface area (Å²) in [5.41, 5.74) is 3.29. The number of rotatable bonds is 2. The summed E-state index contributed by atoms with van der Waals surface area (Å²) in [4.78, 5) is 14.2. The largest absolute Gasteiger partial charge is 0.345 e. The highest BCUT2D eigenvalue weighted by Gasteiger charge is 2.33. The van der Waals surface area contributed by atoms with Gasteiger partial charge in [0.05, 0.1) is 13.1 Å². The molecule has 3 heterocycles. The van der Waals surface area contributed by atoms with E-state index in [4.69, 9.17) is 0 Å². The average Bonchev–Trinajstić information content (AvgIpc) is 2.56. The number of thioether (sulfide) groups is 1. The van der Waals surface area contributed by atoms with Crippen LogP contribution in [0.3, 0.4) is 0 Å². The van der Waals surface area contributed by atoms with Gasteiger partial charge in [0.1, 0.15) is 0 Å². The van der Waals surface area contributed by atoms with Crippen molar-refractivity contribution >= 4 is 11.8 Å². The molecule has 4 rings (SSSR count). The van der Waals surface area contributed by atoms with Crippen LogP contribution >= 0.6 is 11.8 Å². The van der Waals surface area contributed by atoms with E-state index < -0.39 is 0 Å². The van der Waals surface area contributed by atoms with Crippen LogP contribution in [-0.2, 0) is 6.54 Å². The molecule has 0 radical (unpaired) electrons. The van der Waals surface area contributed by atoms with Gasteiger partial charge in [0, 0.05) is 34.5 Å². The molecule has 1 aromatic heterocycles.